The van der Waals surface area contributed by atoms with Gasteiger partial charge in [0.2, 0.25) is 0 Å². The number of nitro benzene ring substituents is 1. The highest BCUT2D eigenvalue weighted by molar-refractivity contribution is 5.88. The van der Waals surface area contributed by atoms with E-state index in [1.165, 1.54) is 19.2 Å². The van der Waals surface area contributed by atoms with Crippen molar-refractivity contribution in [1.82, 2.24) is 4.57 Å². The van der Waals surface area contributed by atoms with Crippen LogP contribution >= 0.6 is 0 Å². The summed E-state index contributed by atoms with van der Waals surface area (Å²) in [5.41, 5.74) is 0.824. The molecule has 0 aliphatic heterocycles. The summed E-state index contributed by atoms with van der Waals surface area (Å²) in [4.78, 5) is 21.7. The second kappa shape index (κ2) is 4.70. The highest BCUT2D eigenvalue weighted by Crippen LogP contribution is 2.19. The molecule has 1 heterocycles. The van der Waals surface area contributed by atoms with Gasteiger partial charge in [-0.25, -0.2) is 4.79 Å². The molecule has 18 heavy (non-hydrogen) atoms. The molecule has 1 aromatic carbocycles. The highest BCUT2D eigenvalue weighted by Gasteiger charge is 2.14. The molecule has 0 aliphatic carbocycles. The number of nitro groups is 1. The average Bonchev–Trinajstić information content (AvgIpc) is 2.87. The number of carbonyl (C=O) groups excluding carboxylic acids is 1. The van der Waals surface area contributed by atoms with Crippen LogP contribution in [0.5, 0.6) is 0 Å². The van der Waals surface area contributed by atoms with E-state index in [1.807, 2.05) is 0 Å². The number of carbonyl (C=O) groups is 1. The van der Waals surface area contributed by atoms with Crippen molar-refractivity contribution >= 4 is 11.7 Å². The first kappa shape index (κ1) is 11.8. The summed E-state index contributed by atoms with van der Waals surface area (Å²) in [5, 5.41) is 10.7. The zero-order valence-corrected chi connectivity index (χ0v) is 9.57. The largest absolute Gasteiger partial charge is 0.464 e. The summed E-state index contributed by atoms with van der Waals surface area (Å²) in [7, 11) is 1.28. The molecule has 1 aromatic heterocycles. The Morgan fingerprint density at radius 2 is 2.11 bits per heavy atom. The van der Waals surface area contributed by atoms with Crippen LogP contribution < -0.4 is 0 Å². The molecule has 92 valence electrons. The Bertz CT molecular complexity index is 604. The lowest BCUT2D eigenvalue weighted by atomic mass is 10.2. The molecule has 0 saturated heterocycles. The van der Waals surface area contributed by atoms with E-state index in [0.29, 0.717) is 11.4 Å². The van der Waals surface area contributed by atoms with Crippen molar-refractivity contribution in [2.24, 2.45) is 0 Å². The number of methoxy groups -OCH3 is 1. The maximum Gasteiger partial charge on any atom is 0.355 e. The Morgan fingerprint density at radius 3 is 2.78 bits per heavy atom. The first-order valence-electron chi connectivity index (χ1n) is 5.14. The number of aromatic nitrogens is 1. The third kappa shape index (κ3) is 2.08. The molecule has 6 nitrogen and oxygen atoms in total. The van der Waals surface area contributed by atoms with Crippen LogP contribution in [0.2, 0.25) is 0 Å². The Labute approximate surface area is 103 Å². The smallest absolute Gasteiger partial charge is 0.355 e. The second-order valence-corrected chi connectivity index (χ2v) is 3.53. The first-order chi connectivity index (χ1) is 8.63. The van der Waals surface area contributed by atoms with Gasteiger partial charge in [0.1, 0.15) is 5.69 Å². The average molecular weight is 246 g/mol. The molecule has 2 aromatic rings. The predicted octanol–water partition coefficient (Wildman–Crippen LogP) is 2.17. The lowest BCUT2D eigenvalue weighted by Crippen LogP contribution is -2.08. The van der Waals surface area contributed by atoms with Crippen LogP contribution in [0.15, 0.2) is 42.6 Å². The standard InChI is InChI=1S/C12H10N2O4/c1-18-12(15)11-6-3-7-13(11)9-4-2-5-10(8-9)14(16)17/h2-8H,1H3. The maximum atomic E-state index is 11.5. The molecule has 0 N–H and O–H groups in total. The van der Waals surface area contributed by atoms with Crippen molar-refractivity contribution in [2.45, 2.75) is 0 Å². The summed E-state index contributed by atoms with van der Waals surface area (Å²) in [6.45, 7) is 0. The van der Waals surface area contributed by atoms with E-state index in [-0.39, 0.29) is 5.69 Å². The van der Waals surface area contributed by atoms with Gasteiger partial charge in [-0.1, -0.05) is 6.07 Å². The van der Waals surface area contributed by atoms with Crippen LogP contribution in [0.4, 0.5) is 5.69 Å². The topological polar surface area (TPSA) is 74.4 Å². The third-order valence-electron chi connectivity index (χ3n) is 2.46. The molecule has 0 aliphatic rings. The molecule has 6 heteroatoms. The van der Waals surface area contributed by atoms with E-state index < -0.39 is 10.9 Å². The monoisotopic (exact) mass is 246 g/mol. The molecule has 0 radical (unpaired) electrons. The maximum absolute atomic E-state index is 11.5. The number of esters is 1. The van der Waals surface area contributed by atoms with Gasteiger partial charge in [0.25, 0.3) is 5.69 Å². The molecule has 0 saturated carbocycles. The Balaban J connectivity index is 2.49. The van der Waals surface area contributed by atoms with Crippen LogP contribution in [0.3, 0.4) is 0 Å². The summed E-state index contributed by atoms with van der Waals surface area (Å²) in [5.74, 6) is -0.494. The number of non-ortho nitro benzene ring substituents is 1. The Kier molecular flexibility index (Phi) is 3.09. The van der Waals surface area contributed by atoms with Crippen LogP contribution in [-0.4, -0.2) is 22.6 Å². The summed E-state index contributed by atoms with van der Waals surface area (Å²) >= 11 is 0. The fourth-order valence-corrected chi connectivity index (χ4v) is 1.63. The first-order valence-corrected chi connectivity index (χ1v) is 5.14. The van der Waals surface area contributed by atoms with E-state index in [4.69, 9.17) is 0 Å². The number of ether oxygens (including phenoxy) is 1. The zero-order valence-electron chi connectivity index (χ0n) is 9.57. The molecule has 2 rings (SSSR count). The zero-order chi connectivity index (χ0) is 13.1. The van der Waals surface area contributed by atoms with Crippen LogP contribution in [0.1, 0.15) is 10.5 Å². The van der Waals surface area contributed by atoms with Gasteiger partial charge in [0.15, 0.2) is 0 Å². The minimum atomic E-state index is -0.494. The van der Waals surface area contributed by atoms with Crippen LogP contribution in [0, 0.1) is 10.1 Å². The third-order valence-corrected chi connectivity index (χ3v) is 2.46. The minimum Gasteiger partial charge on any atom is -0.464 e. The van der Waals surface area contributed by atoms with Gasteiger partial charge in [-0.3, -0.25) is 10.1 Å². The summed E-state index contributed by atoms with van der Waals surface area (Å²) in [6.07, 6.45) is 1.64. The summed E-state index contributed by atoms with van der Waals surface area (Å²) < 4.78 is 6.18. The van der Waals surface area contributed by atoms with Gasteiger partial charge < -0.3 is 9.30 Å². The Hall–Kier alpha value is -2.63. The van der Waals surface area contributed by atoms with Gasteiger partial charge in [0.05, 0.1) is 17.7 Å². The van der Waals surface area contributed by atoms with Crippen molar-refractivity contribution < 1.29 is 14.5 Å². The number of benzene rings is 1. The summed E-state index contributed by atoms with van der Waals surface area (Å²) in [6, 6.07) is 9.29. The number of hydrogen-bond acceptors (Lipinski definition) is 4. The van der Waals surface area contributed by atoms with Gasteiger partial charge in [-0.2, -0.15) is 0 Å². The van der Waals surface area contributed by atoms with Gasteiger partial charge >= 0.3 is 5.97 Å². The van der Waals surface area contributed by atoms with Gasteiger partial charge in [-0.05, 0) is 18.2 Å². The van der Waals surface area contributed by atoms with E-state index >= 15 is 0 Å². The lowest BCUT2D eigenvalue weighted by molar-refractivity contribution is -0.384. The van der Waals surface area contributed by atoms with E-state index in [0.717, 1.165) is 0 Å². The predicted molar refractivity (Wildman–Crippen MR) is 63.8 cm³/mol. The molecule has 0 unspecified atom stereocenters. The fourth-order valence-electron chi connectivity index (χ4n) is 1.63. The molecular weight excluding hydrogens is 236 g/mol. The lowest BCUT2D eigenvalue weighted by Gasteiger charge is -2.07. The van der Waals surface area contributed by atoms with E-state index in [2.05, 4.69) is 4.74 Å². The fraction of sp³-hybridized carbons (Fsp3) is 0.0833. The molecule has 0 bridgehead atoms. The van der Waals surface area contributed by atoms with Crippen molar-refractivity contribution in [2.75, 3.05) is 7.11 Å². The molecule has 0 spiro atoms. The number of hydrogen-bond donors (Lipinski definition) is 0. The molecule has 0 fully saturated rings. The van der Waals surface area contributed by atoms with Crippen molar-refractivity contribution in [3.05, 3.63) is 58.4 Å². The van der Waals surface area contributed by atoms with Gasteiger partial charge in [0, 0.05) is 18.3 Å². The SMILES string of the molecule is COC(=O)c1cccn1-c1cccc([N+](=O)[O-])c1. The second-order valence-electron chi connectivity index (χ2n) is 3.53. The highest BCUT2D eigenvalue weighted by atomic mass is 16.6. The van der Waals surface area contributed by atoms with Crippen molar-refractivity contribution in [1.29, 1.82) is 0 Å². The van der Waals surface area contributed by atoms with Crippen molar-refractivity contribution in [3.63, 3.8) is 0 Å². The molecule has 0 atom stereocenters. The number of rotatable bonds is 3. The van der Waals surface area contributed by atoms with E-state index in [1.54, 1.807) is 35.0 Å². The molecule has 0 amide bonds. The van der Waals surface area contributed by atoms with E-state index in [9.17, 15) is 14.9 Å². The van der Waals surface area contributed by atoms with Crippen molar-refractivity contribution in [3.8, 4) is 5.69 Å². The quantitative estimate of drug-likeness (QED) is 0.472. The number of nitrogens with zero attached hydrogens (tertiary/aromatic N) is 2. The Morgan fingerprint density at radius 1 is 1.33 bits per heavy atom. The van der Waals surface area contributed by atoms with Gasteiger partial charge in [-0.15, -0.1) is 0 Å². The molecular formula is C12H10N2O4. The van der Waals surface area contributed by atoms with Crippen LogP contribution in [-0.2, 0) is 4.74 Å². The normalized spacial score (nSPS) is 10.1. The minimum absolute atomic E-state index is 0.0305. The van der Waals surface area contributed by atoms with Crippen LogP contribution in [0.25, 0.3) is 5.69 Å².